The molecule has 170 valence electrons. The molecule has 4 rings (SSSR count). The van der Waals surface area contributed by atoms with Gasteiger partial charge >= 0.3 is 0 Å². The normalized spacial score (nSPS) is 11.6. The van der Waals surface area contributed by atoms with E-state index in [4.69, 9.17) is 9.72 Å². The molecule has 0 saturated heterocycles. The fraction of sp³-hybridized carbons (Fsp3) is 0.259. The van der Waals surface area contributed by atoms with Crippen molar-refractivity contribution in [3.05, 3.63) is 84.7 Å². The van der Waals surface area contributed by atoms with Crippen LogP contribution >= 0.6 is 0 Å². The molecule has 0 spiro atoms. The van der Waals surface area contributed by atoms with Gasteiger partial charge in [0, 0.05) is 43.8 Å². The quantitative estimate of drug-likeness (QED) is 0.244. The fourth-order valence-corrected chi connectivity index (χ4v) is 4.45. The largest absolute Gasteiger partial charge is 0.392 e. The Morgan fingerprint density at radius 1 is 0.848 bits per heavy atom. The van der Waals surface area contributed by atoms with Crippen molar-refractivity contribution in [1.82, 2.24) is 14.5 Å². The van der Waals surface area contributed by atoms with Crippen LogP contribution in [0.3, 0.4) is 0 Å². The van der Waals surface area contributed by atoms with E-state index in [2.05, 4.69) is 41.3 Å². The molecule has 2 aromatic carbocycles. The second kappa shape index (κ2) is 10.3. The number of benzene rings is 2. The number of rotatable bonds is 9. The van der Waals surface area contributed by atoms with Crippen LogP contribution in [0.1, 0.15) is 5.56 Å². The van der Waals surface area contributed by atoms with E-state index in [1.54, 1.807) is 12.4 Å². The standard InChI is InChI=1S/C27H31N3O2Si/c1-33(2,3)18-17-32-20-30-26(23-11-9-21(19-31)10-12-23)25(22-13-15-28-16-14-22)29-27(30)24-7-5-4-6-8-24/h4-16,31H,17-20H2,1-3H3. The smallest absolute Gasteiger partial charge is 0.143 e. The molecule has 0 radical (unpaired) electrons. The van der Waals surface area contributed by atoms with Gasteiger partial charge in [-0.3, -0.25) is 9.55 Å². The van der Waals surface area contributed by atoms with Gasteiger partial charge < -0.3 is 9.84 Å². The molecule has 0 aliphatic rings. The minimum absolute atomic E-state index is 0.0197. The van der Waals surface area contributed by atoms with Crippen LogP contribution in [0, 0.1) is 0 Å². The Bertz CT molecular complexity index is 1170. The van der Waals surface area contributed by atoms with Gasteiger partial charge in [0.25, 0.3) is 0 Å². The molecule has 1 N–H and O–H groups in total. The molecular weight excluding hydrogens is 426 g/mol. The van der Waals surface area contributed by atoms with Crippen LogP contribution in [0.4, 0.5) is 0 Å². The van der Waals surface area contributed by atoms with Gasteiger partial charge in [0.15, 0.2) is 0 Å². The molecule has 2 heterocycles. The molecule has 6 heteroatoms. The maximum Gasteiger partial charge on any atom is 0.143 e. The lowest BCUT2D eigenvalue weighted by molar-refractivity contribution is 0.0893. The van der Waals surface area contributed by atoms with Gasteiger partial charge in [0.2, 0.25) is 0 Å². The summed E-state index contributed by atoms with van der Waals surface area (Å²) in [6, 6.07) is 23.3. The molecule has 0 aliphatic heterocycles. The molecule has 0 saturated carbocycles. The van der Waals surface area contributed by atoms with E-state index in [1.165, 1.54) is 0 Å². The van der Waals surface area contributed by atoms with Crippen LogP contribution in [0.5, 0.6) is 0 Å². The van der Waals surface area contributed by atoms with Gasteiger partial charge in [-0.25, -0.2) is 4.98 Å². The second-order valence-corrected chi connectivity index (χ2v) is 15.0. The van der Waals surface area contributed by atoms with Crippen molar-refractivity contribution in [2.24, 2.45) is 0 Å². The van der Waals surface area contributed by atoms with E-state index >= 15 is 0 Å². The minimum Gasteiger partial charge on any atom is -0.392 e. The second-order valence-electron chi connectivity index (χ2n) is 9.37. The van der Waals surface area contributed by atoms with Crippen LogP contribution < -0.4 is 0 Å². The highest BCUT2D eigenvalue weighted by Gasteiger charge is 2.21. The number of hydrogen-bond donors (Lipinski definition) is 1. The van der Waals surface area contributed by atoms with Gasteiger partial charge in [-0.2, -0.15) is 0 Å². The van der Waals surface area contributed by atoms with Gasteiger partial charge in [-0.1, -0.05) is 74.2 Å². The highest BCUT2D eigenvalue weighted by molar-refractivity contribution is 6.76. The number of imidazole rings is 1. The SMILES string of the molecule is C[Si](C)(C)CCOCn1c(-c2ccccc2)nc(-c2ccncc2)c1-c1ccc(CO)cc1. The lowest BCUT2D eigenvalue weighted by atomic mass is 10.0. The zero-order valence-electron chi connectivity index (χ0n) is 19.5. The maximum absolute atomic E-state index is 9.51. The maximum atomic E-state index is 9.51. The van der Waals surface area contributed by atoms with Crippen LogP contribution in [0.2, 0.25) is 25.7 Å². The van der Waals surface area contributed by atoms with E-state index < -0.39 is 8.07 Å². The molecule has 33 heavy (non-hydrogen) atoms. The van der Waals surface area contributed by atoms with E-state index in [0.717, 1.165) is 52.1 Å². The molecule has 0 aliphatic carbocycles. The van der Waals surface area contributed by atoms with Crippen molar-refractivity contribution in [2.75, 3.05) is 6.61 Å². The van der Waals surface area contributed by atoms with Gasteiger partial charge in [0.05, 0.1) is 18.0 Å². The van der Waals surface area contributed by atoms with E-state index in [1.807, 2.05) is 54.6 Å². The zero-order valence-corrected chi connectivity index (χ0v) is 20.5. The molecular formula is C27H31N3O2Si. The molecule has 2 aromatic heterocycles. The summed E-state index contributed by atoms with van der Waals surface area (Å²) in [6.45, 7) is 8.25. The van der Waals surface area contributed by atoms with Gasteiger partial charge in [-0.15, -0.1) is 0 Å². The summed E-state index contributed by atoms with van der Waals surface area (Å²) >= 11 is 0. The number of aliphatic hydroxyl groups excluding tert-OH is 1. The number of nitrogens with zero attached hydrogens (tertiary/aromatic N) is 3. The van der Waals surface area contributed by atoms with E-state index in [-0.39, 0.29) is 6.61 Å². The van der Waals surface area contributed by atoms with Crippen LogP contribution in [-0.2, 0) is 18.1 Å². The van der Waals surface area contributed by atoms with Crippen LogP contribution in [0.25, 0.3) is 33.9 Å². The predicted molar refractivity (Wildman–Crippen MR) is 136 cm³/mol. The van der Waals surface area contributed by atoms with Crippen molar-refractivity contribution < 1.29 is 9.84 Å². The van der Waals surface area contributed by atoms with Crippen molar-refractivity contribution >= 4 is 8.07 Å². The summed E-state index contributed by atoms with van der Waals surface area (Å²) in [5, 5.41) is 9.51. The van der Waals surface area contributed by atoms with Crippen molar-refractivity contribution in [1.29, 1.82) is 0 Å². The van der Waals surface area contributed by atoms with E-state index in [9.17, 15) is 5.11 Å². The molecule has 0 amide bonds. The number of aromatic nitrogens is 3. The zero-order chi connectivity index (χ0) is 23.3. The third-order valence-corrected chi connectivity index (χ3v) is 7.28. The van der Waals surface area contributed by atoms with Crippen molar-refractivity contribution in [2.45, 2.75) is 39.0 Å². The molecule has 4 aromatic rings. The molecule has 0 fully saturated rings. The average Bonchev–Trinajstić information content (AvgIpc) is 3.22. The van der Waals surface area contributed by atoms with Gasteiger partial charge in [-0.05, 0) is 23.7 Å². The van der Waals surface area contributed by atoms with Crippen molar-refractivity contribution in [3.8, 4) is 33.9 Å². The first-order valence-electron chi connectivity index (χ1n) is 11.3. The third kappa shape index (κ3) is 5.65. The number of pyridine rings is 1. The number of ether oxygens (including phenoxy) is 1. The first kappa shape index (κ1) is 23.1. The first-order chi connectivity index (χ1) is 16.0. The summed E-state index contributed by atoms with van der Waals surface area (Å²) in [4.78, 5) is 9.30. The fourth-order valence-electron chi connectivity index (χ4n) is 3.69. The van der Waals surface area contributed by atoms with Gasteiger partial charge in [0.1, 0.15) is 12.6 Å². The monoisotopic (exact) mass is 457 g/mol. The Morgan fingerprint density at radius 3 is 2.18 bits per heavy atom. The highest BCUT2D eigenvalue weighted by atomic mass is 28.3. The predicted octanol–water partition coefficient (Wildman–Crippen LogP) is 6.08. The Kier molecular flexibility index (Phi) is 7.18. The lowest BCUT2D eigenvalue weighted by Crippen LogP contribution is -2.22. The molecule has 0 unspecified atom stereocenters. The number of hydrogen-bond acceptors (Lipinski definition) is 4. The number of aliphatic hydroxyl groups is 1. The Balaban J connectivity index is 1.85. The average molecular weight is 458 g/mol. The summed E-state index contributed by atoms with van der Waals surface area (Å²) in [7, 11) is -1.19. The summed E-state index contributed by atoms with van der Waals surface area (Å²) in [6.07, 6.45) is 3.58. The van der Waals surface area contributed by atoms with Crippen molar-refractivity contribution in [3.63, 3.8) is 0 Å². The molecule has 5 nitrogen and oxygen atoms in total. The molecule has 0 bridgehead atoms. The summed E-state index contributed by atoms with van der Waals surface area (Å²) < 4.78 is 8.39. The minimum atomic E-state index is -1.19. The Morgan fingerprint density at radius 2 is 1.55 bits per heavy atom. The topological polar surface area (TPSA) is 60.2 Å². The highest BCUT2D eigenvalue weighted by Crippen LogP contribution is 2.36. The van der Waals surface area contributed by atoms with E-state index in [0.29, 0.717) is 6.73 Å². The summed E-state index contributed by atoms with van der Waals surface area (Å²) in [5.74, 6) is 0.872. The third-order valence-electron chi connectivity index (χ3n) is 5.58. The summed E-state index contributed by atoms with van der Waals surface area (Å²) in [5.41, 5.74) is 5.84. The lowest BCUT2D eigenvalue weighted by Gasteiger charge is -2.17. The Hall–Kier alpha value is -3.06. The Labute approximate surface area is 196 Å². The van der Waals surface area contributed by atoms with Crippen LogP contribution in [-0.4, -0.2) is 34.3 Å². The molecule has 0 atom stereocenters. The first-order valence-corrected chi connectivity index (χ1v) is 15.0. The van der Waals surface area contributed by atoms with Crippen LogP contribution in [0.15, 0.2) is 79.1 Å².